The van der Waals surface area contributed by atoms with Crippen molar-refractivity contribution in [2.45, 2.75) is 51.2 Å². The molecule has 2 fully saturated rings. The van der Waals surface area contributed by atoms with Gasteiger partial charge in [-0.3, -0.25) is 9.80 Å². The molecular formula is C21H32N6O2. The number of aryl methyl sites for hydroxylation is 2. The third kappa shape index (κ3) is 4.87. The standard InChI is InChI=1S/C21H32N6O2/c1-28-19-8-7-17(15-20(19)29-2)9-10-27-21(22-23-24-27)16-25-11-13-26(14-12-25)18-5-3-4-6-18/h7-8,15,18H,3-6,9-14,16H2,1-2H3. The quantitative estimate of drug-likeness (QED) is 0.671. The van der Waals surface area contributed by atoms with Crippen molar-refractivity contribution in [2.24, 2.45) is 0 Å². The van der Waals surface area contributed by atoms with Crippen molar-refractivity contribution < 1.29 is 9.47 Å². The summed E-state index contributed by atoms with van der Waals surface area (Å²) in [7, 11) is 3.31. The summed E-state index contributed by atoms with van der Waals surface area (Å²) in [6.45, 7) is 6.09. The molecule has 1 aromatic carbocycles. The van der Waals surface area contributed by atoms with Crippen molar-refractivity contribution in [3.05, 3.63) is 29.6 Å². The highest BCUT2D eigenvalue weighted by Crippen LogP contribution is 2.28. The van der Waals surface area contributed by atoms with Gasteiger partial charge in [0.1, 0.15) is 0 Å². The van der Waals surface area contributed by atoms with Crippen LogP contribution in [-0.4, -0.2) is 76.4 Å². The smallest absolute Gasteiger partial charge is 0.165 e. The van der Waals surface area contributed by atoms with Crippen LogP contribution in [0.1, 0.15) is 37.1 Å². The van der Waals surface area contributed by atoms with Crippen molar-refractivity contribution in [1.82, 2.24) is 30.0 Å². The maximum absolute atomic E-state index is 5.40. The molecule has 0 spiro atoms. The minimum absolute atomic E-state index is 0.746. The van der Waals surface area contributed by atoms with Crippen LogP contribution in [0.4, 0.5) is 0 Å². The molecule has 1 saturated heterocycles. The van der Waals surface area contributed by atoms with Crippen molar-refractivity contribution in [2.75, 3.05) is 40.4 Å². The normalized spacial score (nSPS) is 19.0. The monoisotopic (exact) mass is 400 g/mol. The summed E-state index contributed by atoms with van der Waals surface area (Å²) in [5.74, 6) is 2.44. The number of aromatic nitrogens is 4. The molecule has 158 valence electrons. The molecule has 0 bridgehead atoms. The lowest BCUT2D eigenvalue weighted by atomic mass is 10.1. The number of hydrogen-bond acceptors (Lipinski definition) is 7. The van der Waals surface area contributed by atoms with Crippen LogP contribution >= 0.6 is 0 Å². The summed E-state index contributed by atoms with van der Waals surface area (Å²) in [4.78, 5) is 5.16. The Morgan fingerprint density at radius 1 is 1.00 bits per heavy atom. The molecular weight excluding hydrogens is 368 g/mol. The van der Waals surface area contributed by atoms with Crippen LogP contribution in [0.15, 0.2) is 18.2 Å². The molecule has 2 heterocycles. The van der Waals surface area contributed by atoms with Crippen LogP contribution in [0.2, 0.25) is 0 Å². The first-order chi connectivity index (χ1) is 14.3. The molecule has 29 heavy (non-hydrogen) atoms. The molecule has 1 aromatic heterocycles. The van der Waals surface area contributed by atoms with Crippen LogP contribution in [0, 0.1) is 0 Å². The first-order valence-electron chi connectivity index (χ1n) is 10.7. The van der Waals surface area contributed by atoms with Crippen LogP contribution in [0.3, 0.4) is 0 Å². The van der Waals surface area contributed by atoms with Gasteiger partial charge in [0.25, 0.3) is 0 Å². The summed E-state index contributed by atoms with van der Waals surface area (Å²) in [5.41, 5.74) is 1.18. The van der Waals surface area contributed by atoms with E-state index in [0.29, 0.717) is 0 Å². The molecule has 2 aliphatic rings. The second kappa shape index (κ2) is 9.54. The molecule has 1 aliphatic heterocycles. The zero-order valence-electron chi connectivity index (χ0n) is 17.6. The number of benzene rings is 1. The second-order valence-electron chi connectivity index (χ2n) is 8.01. The molecule has 1 saturated carbocycles. The van der Waals surface area contributed by atoms with Gasteiger partial charge in [-0.15, -0.1) is 5.10 Å². The number of nitrogens with zero attached hydrogens (tertiary/aromatic N) is 6. The highest BCUT2D eigenvalue weighted by atomic mass is 16.5. The zero-order valence-corrected chi connectivity index (χ0v) is 17.6. The molecule has 0 N–H and O–H groups in total. The van der Waals surface area contributed by atoms with Crippen LogP contribution < -0.4 is 9.47 Å². The van der Waals surface area contributed by atoms with E-state index in [4.69, 9.17) is 9.47 Å². The van der Waals surface area contributed by atoms with E-state index in [1.807, 2.05) is 16.8 Å². The Kier molecular flexibility index (Phi) is 6.61. The predicted molar refractivity (Wildman–Crippen MR) is 110 cm³/mol. The molecule has 2 aromatic rings. The lowest BCUT2D eigenvalue weighted by Crippen LogP contribution is -2.49. The summed E-state index contributed by atoms with van der Waals surface area (Å²) in [6, 6.07) is 6.85. The number of hydrogen-bond donors (Lipinski definition) is 0. The van der Waals surface area contributed by atoms with Gasteiger partial charge in [0, 0.05) is 38.8 Å². The number of piperazine rings is 1. The van der Waals surface area contributed by atoms with Gasteiger partial charge >= 0.3 is 0 Å². The van der Waals surface area contributed by atoms with E-state index in [1.54, 1.807) is 14.2 Å². The van der Waals surface area contributed by atoms with Gasteiger partial charge in [-0.2, -0.15) is 0 Å². The Hall–Kier alpha value is -2.19. The molecule has 0 unspecified atom stereocenters. The fourth-order valence-corrected chi connectivity index (χ4v) is 4.54. The molecule has 0 amide bonds. The van der Waals surface area contributed by atoms with Gasteiger partial charge in [0.2, 0.25) is 0 Å². The van der Waals surface area contributed by atoms with Crippen LogP contribution in [0.5, 0.6) is 11.5 Å². The minimum Gasteiger partial charge on any atom is -0.493 e. The molecule has 0 atom stereocenters. The van der Waals surface area contributed by atoms with Crippen LogP contribution in [-0.2, 0) is 19.5 Å². The van der Waals surface area contributed by atoms with Gasteiger partial charge in [-0.05, 0) is 47.4 Å². The van der Waals surface area contributed by atoms with E-state index in [9.17, 15) is 0 Å². The number of ether oxygens (including phenoxy) is 2. The number of methoxy groups -OCH3 is 2. The van der Waals surface area contributed by atoms with Gasteiger partial charge in [0.15, 0.2) is 17.3 Å². The van der Waals surface area contributed by atoms with E-state index in [-0.39, 0.29) is 0 Å². The predicted octanol–water partition coefficient (Wildman–Crippen LogP) is 1.99. The summed E-state index contributed by atoms with van der Waals surface area (Å²) >= 11 is 0. The topological polar surface area (TPSA) is 68.5 Å². The van der Waals surface area contributed by atoms with E-state index >= 15 is 0 Å². The van der Waals surface area contributed by atoms with Gasteiger partial charge in [-0.25, -0.2) is 4.68 Å². The van der Waals surface area contributed by atoms with Gasteiger partial charge in [0.05, 0.1) is 20.8 Å². The Morgan fingerprint density at radius 3 is 2.48 bits per heavy atom. The lowest BCUT2D eigenvalue weighted by molar-refractivity contribution is 0.0911. The molecule has 8 heteroatoms. The zero-order chi connectivity index (χ0) is 20.1. The fourth-order valence-electron chi connectivity index (χ4n) is 4.54. The SMILES string of the molecule is COc1ccc(CCn2nnnc2CN2CCN(C3CCCC3)CC2)cc1OC. The maximum Gasteiger partial charge on any atom is 0.165 e. The number of tetrazole rings is 1. The lowest BCUT2D eigenvalue weighted by Gasteiger charge is -2.37. The largest absolute Gasteiger partial charge is 0.493 e. The Morgan fingerprint density at radius 2 is 1.76 bits per heavy atom. The highest BCUT2D eigenvalue weighted by Gasteiger charge is 2.26. The summed E-state index contributed by atoms with van der Waals surface area (Å²) in [6.07, 6.45) is 6.41. The van der Waals surface area contributed by atoms with Gasteiger partial charge in [-0.1, -0.05) is 18.9 Å². The summed E-state index contributed by atoms with van der Waals surface area (Å²) in [5, 5.41) is 12.4. The van der Waals surface area contributed by atoms with Crippen molar-refractivity contribution >= 4 is 0 Å². The third-order valence-corrected chi connectivity index (χ3v) is 6.28. The fraction of sp³-hybridized carbons (Fsp3) is 0.667. The van der Waals surface area contributed by atoms with E-state index < -0.39 is 0 Å². The van der Waals surface area contributed by atoms with Crippen molar-refractivity contribution in [3.8, 4) is 11.5 Å². The molecule has 4 rings (SSSR count). The summed E-state index contributed by atoms with van der Waals surface area (Å²) < 4.78 is 12.6. The Bertz CT molecular complexity index is 781. The second-order valence-corrected chi connectivity index (χ2v) is 8.01. The van der Waals surface area contributed by atoms with E-state index in [1.165, 1.54) is 31.2 Å². The average Bonchev–Trinajstić information content (AvgIpc) is 3.45. The van der Waals surface area contributed by atoms with Crippen molar-refractivity contribution in [3.63, 3.8) is 0 Å². The van der Waals surface area contributed by atoms with E-state index in [0.717, 1.165) is 69.1 Å². The van der Waals surface area contributed by atoms with Gasteiger partial charge < -0.3 is 9.47 Å². The third-order valence-electron chi connectivity index (χ3n) is 6.28. The minimum atomic E-state index is 0.746. The van der Waals surface area contributed by atoms with E-state index in [2.05, 4.69) is 31.4 Å². The van der Waals surface area contributed by atoms with Crippen molar-refractivity contribution in [1.29, 1.82) is 0 Å². The first kappa shape index (κ1) is 20.1. The Balaban J connectivity index is 1.30. The highest BCUT2D eigenvalue weighted by molar-refractivity contribution is 5.42. The number of rotatable bonds is 8. The molecule has 0 radical (unpaired) electrons. The maximum atomic E-state index is 5.40. The Labute approximate surface area is 172 Å². The molecule has 1 aliphatic carbocycles. The average molecular weight is 401 g/mol. The first-order valence-corrected chi connectivity index (χ1v) is 10.7. The van der Waals surface area contributed by atoms with Crippen LogP contribution in [0.25, 0.3) is 0 Å². The molecule has 8 nitrogen and oxygen atoms in total.